The molecule has 1 aliphatic rings. The molecule has 2 unspecified atom stereocenters. The highest BCUT2D eigenvalue weighted by atomic mass is 79.9. The Bertz CT molecular complexity index is 604. The maximum atomic E-state index is 5.97. The van der Waals surface area contributed by atoms with E-state index in [1.54, 1.807) is 0 Å². The van der Waals surface area contributed by atoms with Crippen molar-refractivity contribution in [3.8, 4) is 0 Å². The quantitative estimate of drug-likeness (QED) is 0.869. The zero-order chi connectivity index (χ0) is 14.8. The van der Waals surface area contributed by atoms with Crippen LogP contribution in [0.15, 0.2) is 33.2 Å². The molecule has 21 heavy (non-hydrogen) atoms. The number of benzene rings is 1. The second-order valence-electron chi connectivity index (χ2n) is 5.96. The summed E-state index contributed by atoms with van der Waals surface area (Å²) < 4.78 is 12.5. The van der Waals surface area contributed by atoms with Gasteiger partial charge in [0.2, 0.25) is 0 Å². The number of hydrogen-bond acceptors (Lipinski definition) is 3. The summed E-state index contributed by atoms with van der Waals surface area (Å²) in [5.74, 6) is 1.70. The standard InChI is InChI=1S/C17H22BrNO2/c1-11(13-5-7-20-8-6-13)19-12(2)17-10-14-9-15(18)3-4-16(14)21-17/h3-4,9-13,19H,5-8H2,1-2H3. The first kappa shape index (κ1) is 15.1. The van der Waals surface area contributed by atoms with Gasteiger partial charge in [-0.1, -0.05) is 15.9 Å². The minimum Gasteiger partial charge on any atom is -0.459 e. The van der Waals surface area contributed by atoms with Crippen molar-refractivity contribution in [1.29, 1.82) is 0 Å². The van der Waals surface area contributed by atoms with Gasteiger partial charge < -0.3 is 14.5 Å². The van der Waals surface area contributed by atoms with E-state index in [4.69, 9.17) is 9.15 Å². The zero-order valence-corrected chi connectivity index (χ0v) is 14.2. The maximum Gasteiger partial charge on any atom is 0.134 e. The highest BCUT2D eigenvalue weighted by Crippen LogP contribution is 2.28. The van der Waals surface area contributed by atoms with Crippen LogP contribution in [-0.4, -0.2) is 19.3 Å². The Labute approximate surface area is 134 Å². The van der Waals surface area contributed by atoms with E-state index in [0.29, 0.717) is 12.0 Å². The summed E-state index contributed by atoms with van der Waals surface area (Å²) in [7, 11) is 0. The van der Waals surface area contributed by atoms with Crippen LogP contribution in [0.1, 0.15) is 38.5 Å². The van der Waals surface area contributed by atoms with Gasteiger partial charge in [-0.2, -0.15) is 0 Å². The van der Waals surface area contributed by atoms with Crippen molar-refractivity contribution in [2.75, 3.05) is 13.2 Å². The fraction of sp³-hybridized carbons (Fsp3) is 0.529. The molecule has 1 N–H and O–H groups in total. The van der Waals surface area contributed by atoms with Crippen molar-refractivity contribution in [3.05, 3.63) is 34.5 Å². The number of hydrogen-bond donors (Lipinski definition) is 1. The minimum absolute atomic E-state index is 0.217. The molecule has 114 valence electrons. The van der Waals surface area contributed by atoms with Crippen LogP contribution in [0, 0.1) is 5.92 Å². The lowest BCUT2D eigenvalue weighted by molar-refractivity contribution is 0.0543. The average Bonchev–Trinajstić information content (AvgIpc) is 2.91. The monoisotopic (exact) mass is 351 g/mol. The molecule has 2 aromatic rings. The van der Waals surface area contributed by atoms with E-state index in [9.17, 15) is 0 Å². The second kappa shape index (κ2) is 6.51. The first-order chi connectivity index (χ1) is 10.1. The van der Waals surface area contributed by atoms with Crippen molar-refractivity contribution in [2.24, 2.45) is 5.92 Å². The van der Waals surface area contributed by atoms with E-state index in [1.165, 1.54) is 0 Å². The van der Waals surface area contributed by atoms with Gasteiger partial charge >= 0.3 is 0 Å². The van der Waals surface area contributed by atoms with Crippen LogP contribution in [0.2, 0.25) is 0 Å². The molecule has 0 spiro atoms. The van der Waals surface area contributed by atoms with Gasteiger partial charge in [0.25, 0.3) is 0 Å². The van der Waals surface area contributed by atoms with Crippen molar-refractivity contribution >= 4 is 26.9 Å². The Morgan fingerprint density at radius 1 is 1.19 bits per heavy atom. The molecule has 1 aromatic carbocycles. The molecule has 0 bridgehead atoms. The van der Waals surface area contributed by atoms with E-state index in [2.05, 4.69) is 47.2 Å². The molecule has 0 aliphatic carbocycles. The molecule has 1 saturated heterocycles. The normalized spacial score (nSPS) is 19.8. The van der Waals surface area contributed by atoms with Crippen LogP contribution in [0.5, 0.6) is 0 Å². The highest BCUT2D eigenvalue weighted by molar-refractivity contribution is 9.10. The van der Waals surface area contributed by atoms with Crippen molar-refractivity contribution in [2.45, 2.75) is 38.8 Å². The van der Waals surface area contributed by atoms with Gasteiger partial charge in [0.15, 0.2) is 0 Å². The summed E-state index contributed by atoms with van der Waals surface area (Å²) in [6.45, 7) is 6.22. The van der Waals surface area contributed by atoms with Crippen LogP contribution in [0.25, 0.3) is 11.0 Å². The summed E-state index contributed by atoms with van der Waals surface area (Å²) in [5, 5.41) is 4.83. The smallest absolute Gasteiger partial charge is 0.134 e. The third kappa shape index (κ3) is 3.50. The second-order valence-corrected chi connectivity index (χ2v) is 6.87. The number of rotatable bonds is 4. The average molecular weight is 352 g/mol. The van der Waals surface area contributed by atoms with Crippen LogP contribution in [0.4, 0.5) is 0 Å². The summed E-state index contributed by atoms with van der Waals surface area (Å²) >= 11 is 3.50. The van der Waals surface area contributed by atoms with E-state index < -0.39 is 0 Å². The topological polar surface area (TPSA) is 34.4 Å². The Hall–Kier alpha value is -0.840. The summed E-state index contributed by atoms with van der Waals surface area (Å²) in [4.78, 5) is 0. The van der Waals surface area contributed by atoms with Crippen molar-refractivity contribution < 1.29 is 9.15 Å². The Balaban J connectivity index is 1.69. The van der Waals surface area contributed by atoms with Crippen LogP contribution in [0.3, 0.4) is 0 Å². The van der Waals surface area contributed by atoms with Crippen LogP contribution < -0.4 is 5.32 Å². The third-order valence-electron chi connectivity index (χ3n) is 4.41. The van der Waals surface area contributed by atoms with Gasteiger partial charge in [-0.15, -0.1) is 0 Å². The van der Waals surface area contributed by atoms with Gasteiger partial charge in [0.05, 0.1) is 6.04 Å². The van der Waals surface area contributed by atoms with Gasteiger partial charge in [-0.05, 0) is 56.9 Å². The predicted octanol–water partition coefficient (Wildman–Crippen LogP) is 4.66. The molecule has 2 heterocycles. The van der Waals surface area contributed by atoms with Crippen molar-refractivity contribution in [3.63, 3.8) is 0 Å². The summed E-state index contributed by atoms with van der Waals surface area (Å²) in [6, 6.07) is 8.94. The van der Waals surface area contributed by atoms with E-state index in [-0.39, 0.29) is 6.04 Å². The lowest BCUT2D eigenvalue weighted by Crippen LogP contribution is -2.38. The molecule has 3 rings (SSSR count). The molecule has 1 aliphatic heterocycles. The molecule has 3 nitrogen and oxygen atoms in total. The van der Waals surface area contributed by atoms with Gasteiger partial charge in [-0.25, -0.2) is 0 Å². The molecule has 1 aromatic heterocycles. The summed E-state index contributed by atoms with van der Waals surface area (Å²) in [5.41, 5.74) is 0.945. The van der Waals surface area contributed by atoms with Crippen molar-refractivity contribution in [1.82, 2.24) is 5.32 Å². The number of halogens is 1. The lowest BCUT2D eigenvalue weighted by atomic mass is 9.92. The highest BCUT2D eigenvalue weighted by Gasteiger charge is 2.23. The molecule has 4 heteroatoms. The Kier molecular flexibility index (Phi) is 4.67. The number of ether oxygens (including phenoxy) is 1. The number of furan rings is 1. The molecule has 0 amide bonds. The Morgan fingerprint density at radius 2 is 1.95 bits per heavy atom. The fourth-order valence-electron chi connectivity index (χ4n) is 3.08. The van der Waals surface area contributed by atoms with E-state index in [0.717, 1.165) is 47.3 Å². The molecule has 2 atom stereocenters. The SMILES string of the molecule is CC(NC(C)C1CCOCC1)c1cc2cc(Br)ccc2o1. The van der Waals surface area contributed by atoms with Gasteiger partial charge in [-0.3, -0.25) is 0 Å². The van der Waals surface area contributed by atoms with Gasteiger partial charge in [0.1, 0.15) is 11.3 Å². The molecule has 0 radical (unpaired) electrons. The predicted molar refractivity (Wildman–Crippen MR) is 88.5 cm³/mol. The van der Waals surface area contributed by atoms with Crippen LogP contribution in [-0.2, 0) is 4.74 Å². The lowest BCUT2D eigenvalue weighted by Gasteiger charge is -2.30. The first-order valence-corrected chi connectivity index (χ1v) is 8.45. The summed E-state index contributed by atoms with van der Waals surface area (Å²) in [6.07, 6.45) is 2.29. The zero-order valence-electron chi connectivity index (χ0n) is 12.6. The minimum atomic E-state index is 0.217. The van der Waals surface area contributed by atoms with Crippen LogP contribution >= 0.6 is 15.9 Å². The number of fused-ring (bicyclic) bond motifs is 1. The maximum absolute atomic E-state index is 5.97. The molecule has 1 fully saturated rings. The Morgan fingerprint density at radius 3 is 2.71 bits per heavy atom. The fourth-order valence-corrected chi connectivity index (χ4v) is 3.46. The largest absolute Gasteiger partial charge is 0.459 e. The molecular weight excluding hydrogens is 330 g/mol. The molecule has 0 saturated carbocycles. The van der Waals surface area contributed by atoms with E-state index >= 15 is 0 Å². The first-order valence-electron chi connectivity index (χ1n) is 7.66. The number of nitrogens with one attached hydrogen (secondary N) is 1. The molecular formula is C17H22BrNO2. The van der Waals surface area contributed by atoms with Gasteiger partial charge in [0, 0.05) is 29.1 Å². The third-order valence-corrected chi connectivity index (χ3v) is 4.90. The van der Waals surface area contributed by atoms with E-state index in [1.807, 2.05) is 12.1 Å².